The summed E-state index contributed by atoms with van der Waals surface area (Å²) in [7, 11) is -4.05. The summed E-state index contributed by atoms with van der Waals surface area (Å²) in [6, 6.07) is 10.6. The molecule has 0 radical (unpaired) electrons. The number of hydrogen-bond donors (Lipinski definition) is 0. The highest BCUT2D eigenvalue weighted by molar-refractivity contribution is 8.01. The van der Waals surface area contributed by atoms with Gasteiger partial charge in [-0.15, -0.1) is 11.8 Å². The average Bonchev–Trinajstić information content (AvgIpc) is 3.05. The summed E-state index contributed by atoms with van der Waals surface area (Å²) in [6.45, 7) is 0.233. The minimum atomic E-state index is -4.60. The molecule has 1 saturated heterocycles. The lowest BCUT2D eigenvalue weighted by Crippen LogP contribution is -2.30. The van der Waals surface area contributed by atoms with Gasteiger partial charge in [-0.2, -0.15) is 17.5 Å². The Kier molecular flexibility index (Phi) is 5.07. The van der Waals surface area contributed by atoms with E-state index in [0.717, 1.165) is 17.7 Å². The summed E-state index contributed by atoms with van der Waals surface area (Å²) in [5, 5.41) is 0.0378. The van der Waals surface area contributed by atoms with E-state index >= 15 is 0 Å². The van der Waals surface area contributed by atoms with Crippen LogP contribution in [0.3, 0.4) is 0 Å². The van der Waals surface area contributed by atoms with E-state index in [9.17, 15) is 21.6 Å². The maximum atomic E-state index is 12.9. The van der Waals surface area contributed by atoms with Crippen molar-refractivity contribution in [1.82, 2.24) is 4.31 Å². The number of sulfonamides is 1. The fourth-order valence-corrected chi connectivity index (χ4v) is 5.97. The number of benzene rings is 2. The highest BCUT2D eigenvalue weighted by atomic mass is 35.5. The molecule has 25 heavy (non-hydrogen) atoms. The van der Waals surface area contributed by atoms with Crippen LogP contribution in [0.4, 0.5) is 13.2 Å². The monoisotopic (exact) mass is 407 g/mol. The van der Waals surface area contributed by atoms with E-state index in [4.69, 9.17) is 11.6 Å². The fraction of sp³-hybridized carbons (Fsp3) is 0.250. The van der Waals surface area contributed by atoms with Gasteiger partial charge in [0.1, 0.15) is 0 Å². The second-order valence-corrected chi connectivity index (χ2v) is 8.93. The van der Waals surface area contributed by atoms with Gasteiger partial charge < -0.3 is 0 Å². The summed E-state index contributed by atoms with van der Waals surface area (Å²) in [5.74, 6) is 0.561. The third-order valence-corrected chi connectivity index (χ3v) is 7.28. The third-order valence-electron chi connectivity index (χ3n) is 3.77. The molecule has 2 aromatic rings. The van der Waals surface area contributed by atoms with Crippen molar-refractivity contribution >= 4 is 33.4 Å². The fourth-order valence-electron chi connectivity index (χ4n) is 2.56. The van der Waals surface area contributed by atoms with Crippen molar-refractivity contribution in [2.24, 2.45) is 0 Å². The van der Waals surface area contributed by atoms with Gasteiger partial charge >= 0.3 is 6.18 Å². The number of nitrogens with zero attached hydrogens (tertiary/aromatic N) is 1. The van der Waals surface area contributed by atoms with Gasteiger partial charge in [0.05, 0.1) is 15.8 Å². The lowest BCUT2D eigenvalue weighted by Gasteiger charge is -2.24. The molecule has 1 atom stereocenters. The SMILES string of the molecule is O=S(=O)(c1cccc(C(F)(F)F)c1)N1CCSC1c1ccc(Cl)cc1. The number of thioether (sulfide) groups is 1. The first-order valence-electron chi connectivity index (χ1n) is 7.26. The summed E-state index contributed by atoms with van der Waals surface area (Å²) in [6.07, 6.45) is -4.60. The Balaban J connectivity index is 1.97. The Hall–Kier alpha value is -1.22. The third kappa shape index (κ3) is 3.81. The molecule has 0 aromatic heterocycles. The second kappa shape index (κ2) is 6.83. The highest BCUT2D eigenvalue weighted by Crippen LogP contribution is 2.42. The van der Waals surface area contributed by atoms with Crippen LogP contribution in [0, 0.1) is 0 Å². The molecule has 1 heterocycles. The zero-order chi connectivity index (χ0) is 18.2. The van der Waals surface area contributed by atoms with Gasteiger partial charge in [-0.25, -0.2) is 8.42 Å². The van der Waals surface area contributed by atoms with Gasteiger partial charge in [0.25, 0.3) is 0 Å². The van der Waals surface area contributed by atoms with Crippen LogP contribution in [0.15, 0.2) is 53.4 Å². The highest BCUT2D eigenvalue weighted by Gasteiger charge is 2.38. The summed E-state index contributed by atoms with van der Waals surface area (Å²) in [4.78, 5) is -0.358. The van der Waals surface area contributed by atoms with Crippen LogP contribution in [0.2, 0.25) is 5.02 Å². The van der Waals surface area contributed by atoms with E-state index in [1.54, 1.807) is 24.3 Å². The largest absolute Gasteiger partial charge is 0.416 e. The molecule has 0 N–H and O–H groups in total. The molecule has 0 bridgehead atoms. The minimum absolute atomic E-state index is 0.233. The molecular formula is C16H13ClF3NO2S2. The van der Waals surface area contributed by atoms with Crippen molar-refractivity contribution in [3.8, 4) is 0 Å². The van der Waals surface area contributed by atoms with E-state index < -0.39 is 27.1 Å². The van der Waals surface area contributed by atoms with Crippen molar-refractivity contribution in [2.45, 2.75) is 16.4 Å². The normalized spacial score (nSPS) is 19.3. The van der Waals surface area contributed by atoms with E-state index in [2.05, 4.69) is 0 Å². The Morgan fingerprint density at radius 3 is 2.44 bits per heavy atom. The van der Waals surface area contributed by atoms with Gasteiger partial charge in [0.15, 0.2) is 0 Å². The topological polar surface area (TPSA) is 37.4 Å². The van der Waals surface area contributed by atoms with E-state index in [1.807, 2.05) is 0 Å². The Labute approximate surface area is 152 Å². The molecule has 3 rings (SSSR count). The Bertz CT molecular complexity index is 870. The Morgan fingerprint density at radius 2 is 1.80 bits per heavy atom. The molecule has 1 aliphatic heterocycles. The van der Waals surface area contributed by atoms with Crippen LogP contribution >= 0.6 is 23.4 Å². The van der Waals surface area contributed by atoms with Crippen molar-refractivity contribution < 1.29 is 21.6 Å². The Morgan fingerprint density at radius 1 is 1.12 bits per heavy atom. The minimum Gasteiger partial charge on any atom is -0.207 e. The number of rotatable bonds is 3. The van der Waals surface area contributed by atoms with Gasteiger partial charge in [-0.1, -0.05) is 29.8 Å². The first-order valence-corrected chi connectivity index (χ1v) is 10.1. The van der Waals surface area contributed by atoms with Crippen LogP contribution in [-0.4, -0.2) is 25.0 Å². The van der Waals surface area contributed by atoms with E-state index in [1.165, 1.54) is 22.1 Å². The van der Waals surface area contributed by atoms with Gasteiger partial charge in [0.2, 0.25) is 10.0 Å². The van der Waals surface area contributed by atoms with Crippen LogP contribution in [0.25, 0.3) is 0 Å². The van der Waals surface area contributed by atoms with Gasteiger partial charge in [0, 0.05) is 17.3 Å². The number of hydrogen-bond acceptors (Lipinski definition) is 3. The lowest BCUT2D eigenvalue weighted by molar-refractivity contribution is -0.137. The van der Waals surface area contributed by atoms with Crippen LogP contribution < -0.4 is 0 Å². The molecule has 9 heteroatoms. The zero-order valence-corrected chi connectivity index (χ0v) is 15.1. The summed E-state index contributed by atoms with van der Waals surface area (Å²) >= 11 is 7.28. The smallest absolute Gasteiger partial charge is 0.207 e. The van der Waals surface area contributed by atoms with Crippen LogP contribution in [-0.2, 0) is 16.2 Å². The molecule has 2 aromatic carbocycles. The molecular weight excluding hydrogens is 395 g/mol. The quantitative estimate of drug-likeness (QED) is 0.733. The first kappa shape index (κ1) is 18.6. The summed E-state index contributed by atoms with van der Waals surface area (Å²) in [5.41, 5.74) is -0.245. The van der Waals surface area contributed by atoms with E-state index in [-0.39, 0.29) is 11.4 Å². The molecule has 134 valence electrons. The number of halogens is 4. The molecule has 0 aliphatic carbocycles. The van der Waals surface area contributed by atoms with Gasteiger partial charge in [-0.3, -0.25) is 0 Å². The summed E-state index contributed by atoms with van der Waals surface area (Å²) < 4.78 is 65.7. The molecule has 1 unspecified atom stereocenters. The van der Waals surface area contributed by atoms with Gasteiger partial charge in [-0.05, 0) is 35.9 Å². The van der Waals surface area contributed by atoms with Crippen LogP contribution in [0.5, 0.6) is 0 Å². The molecule has 3 nitrogen and oxygen atoms in total. The van der Waals surface area contributed by atoms with Crippen molar-refractivity contribution in [3.63, 3.8) is 0 Å². The van der Waals surface area contributed by atoms with Crippen molar-refractivity contribution in [2.75, 3.05) is 12.3 Å². The predicted octanol–water partition coefficient (Wildman–Crippen LogP) is 4.80. The average molecular weight is 408 g/mol. The standard InChI is InChI=1S/C16H13ClF3NO2S2/c17-13-6-4-11(5-7-13)15-21(8-9-24-15)25(22,23)14-3-1-2-12(10-14)16(18,19)20/h1-7,10,15H,8-9H2. The zero-order valence-electron chi connectivity index (χ0n) is 12.7. The maximum Gasteiger partial charge on any atom is 0.416 e. The van der Waals surface area contributed by atoms with Crippen molar-refractivity contribution in [3.05, 3.63) is 64.7 Å². The predicted molar refractivity (Wildman–Crippen MR) is 92.0 cm³/mol. The number of alkyl halides is 3. The second-order valence-electron chi connectivity index (χ2n) is 5.42. The van der Waals surface area contributed by atoms with Crippen LogP contribution in [0.1, 0.15) is 16.5 Å². The lowest BCUT2D eigenvalue weighted by atomic mass is 10.2. The molecule has 0 saturated carbocycles. The maximum absolute atomic E-state index is 12.9. The van der Waals surface area contributed by atoms with E-state index in [0.29, 0.717) is 16.8 Å². The molecule has 0 amide bonds. The van der Waals surface area contributed by atoms with Crippen molar-refractivity contribution in [1.29, 1.82) is 0 Å². The molecule has 1 aliphatic rings. The molecule has 0 spiro atoms. The molecule has 1 fully saturated rings. The first-order chi connectivity index (χ1) is 11.7.